The zero-order valence-electron chi connectivity index (χ0n) is 9.10. The molecule has 6 heteroatoms. The summed E-state index contributed by atoms with van der Waals surface area (Å²) in [4.78, 5) is 0. The summed E-state index contributed by atoms with van der Waals surface area (Å²) in [5.41, 5.74) is 0. The Morgan fingerprint density at radius 1 is 0.722 bits per heavy atom. The zero-order chi connectivity index (χ0) is 12.4. The van der Waals surface area contributed by atoms with Crippen LogP contribution >= 0.6 is 0 Å². The average molecular weight is 262 g/mol. The summed E-state index contributed by atoms with van der Waals surface area (Å²) < 4.78 is 65.3. The molecule has 0 N–H and O–H groups in total. The molecule has 0 aromatic heterocycles. The number of fused-ring (bicyclic) bond motifs is 12. The SMILES string of the molecule is FC1(F)[C@@H]2[C@@H]3O[C@@H]([C@@H]4[C@H]3[C@H]3C=C[C@@H]4O3)[C@@H]2C1(F)F. The summed E-state index contributed by atoms with van der Waals surface area (Å²) in [5.74, 6) is -10.8. The highest BCUT2D eigenvalue weighted by Crippen LogP contribution is 2.73. The van der Waals surface area contributed by atoms with Crippen LogP contribution in [0.25, 0.3) is 0 Å². The number of rotatable bonds is 0. The predicted molar refractivity (Wildman–Crippen MR) is 50.3 cm³/mol. The largest absolute Gasteiger partial charge is 0.373 e. The van der Waals surface area contributed by atoms with E-state index in [2.05, 4.69) is 0 Å². The first-order chi connectivity index (χ1) is 8.44. The minimum Gasteiger partial charge on any atom is -0.373 e. The van der Waals surface area contributed by atoms with E-state index in [1.54, 1.807) is 0 Å². The minimum absolute atomic E-state index is 0.159. The fourth-order valence-electron chi connectivity index (χ4n) is 4.81. The molecule has 2 nitrogen and oxygen atoms in total. The van der Waals surface area contributed by atoms with Crippen molar-refractivity contribution in [2.24, 2.45) is 23.7 Å². The van der Waals surface area contributed by atoms with E-state index in [1.165, 1.54) is 0 Å². The number of ether oxygens (including phenoxy) is 2. The lowest BCUT2D eigenvalue weighted by Crippen LogP contribution is -2.72. The molecule has 4 fully saturated rings. The maximum atomic E-state index is 13.5. The molecule has 5 aliphatic rings. The van der Waals surface area contributed by atoms with Gasteiger partial charge in [-0.3, -0.25) is 0 Å². The Labute approximate surface area is 99.9 Å². The second-order valence-corrected chi connectivity index (χ2v) is 5.97. The van der Waals surface area contributed by atoms with E-state index >= 15 is 0 Å². The third-order valence-electron chi connectivity index (χ3n) is 5.46. The molecule has 0 unspecified atom stereocenters. The smallest absolute Gasteiger partial charge is 0.316 e. The van der Waals surface area contributed by atoms with E-state index < -0.39 is 35.9 Å². The van der Waals surface area contributed by atoms with Gasteiger partial charge < -0.3 is 9.47 Å². The van der Waals surface area contributed by atoms with Gasteiger partial charge in [-0.25, -0.2) is 0 Å². The highest BCUT2D eigenvalue weighted by atomic mass is 19.3. The van der Waals surface area contributed by atoms with Gasteiger partial charge in [0.25, 0.3) is 0 Å². The first-order valence-corrected chi connectivity index (χ1v) is 6.19. The lowest BCUT2D eigenvalue weighted by atomic mass is 9.53. The molecule has 18 heavy (non-hydrogen) atoms. The van der Waals surface area contributed by atoms with Gasteiger partial charge in [-0.15, -0.1) is 0 Å². The Kier molecular flexibility index (Phi) is 1.42. The molecule has 0 spiro atoms. The maximum absolute atomic E-state index is 13.5. The van der Waals surface area contributed by atoms with Gasteiger partial charge in [-0.2, -0.15) is 17.6 Å². The third-order valence-corrected chi connectivity index (χ3v) is 5.46. The van der Waals surface area contributed by atoms with Crippen molar-refractivity contribution in [2.75, 3.05) is 0 Å². The van der Waals surface area contributed by atoms with Crippen LogP contribution in [0.15, 0.2) is 12.2 Å². The van der Waals surface area contributed by atoms with Gasteiger partial charge in [0.2, 0.25) is 0 Å². The summed E-state index contributed by atoms with van der Waals surface area (Å²) in [5, 5.41) is 0. The van der Waals surface area contributed by atoms with Crippen molar-refractivity contribution in [2.45, 2.75) is 36.3 Å². The van der Waals surface area contributed by atoms with Crippen molar-refractivity contribution in [3.63, 3.8) is 0 Å². The molecule has 4 aliphatic heterocycles. The van der Waals surface area contributed by atoms with E-state index in [4.69, 9.17) is 9.47 Å². The van der Waals surface area contributed by atoms with Crippen LogP contribution in [0.2, 0.25) is 0 Å². The predicted octanol–water partition coefficient (Wildman–Crippen LogP) is 1.85. The summed E-state index contributed by atoms with van der Waals surface area (Å²) in [6.45, 7) is 0. The molecule has 4 bridgehead atoms. The van der Waals surface area contributed by atoms with Gasteiger partial charge in [0, 0.05) is 11.8 Å². The van der Waals surface area contributed by atoms with Crippen LogP contribution in [0, 0.1) is 23.7 Å². The standard InChI is InChI=1S/C12H10F4O2/c13-11(14)7-8(12(11,15)16)10-6-4-2-1-3(17-4)5(6)9(7)18-10/h1-10H/t3-,4+,5-,6+,7+,8-,9-,10+. The molecule has 0 aromatic carbocycles. The molecular weight excluding hydrogens is 252 g/mol. The highest BCUT2D eigenvalue weighted by molar-refractivity contribution is 5.30. The second-order valence-electron chi connectivity index (χ2n) is 5.97. The van der Waals surface area contributed by atoms with Crippen LogP contribution < -0.4 is 0 Å². The molecule has 8 atom stereocenters. The molecule has 3 saturated heterocycles. The molecule has 1 saturated carbocycles. The molecular formula is C12H10F4O2. The van der Waals surface area contributed by atoms with E-state index in [1.807, 2.05) is 12.2 Å². The average Bonchev–Trinajstić information content (AvgIpc) is 3.04. The molecule has 5 rings (SSSR count). The minimum atomic E-state index is -3.92. The number of halogens is 4. The number of hydrogen-bond donors (Lipinski definition) is 0. The second kappa shape index (κ2) is 2.50. The maximum Gasteiger partial charge on any atom is 0.316 e. The van der Waals surface area contributed by atoms with E-state index in [0.717, 1.165) is 0 Å². The Bertz CT molecular complexity index is 437. The lowest BCUT2D eigenvalue weighted by molar-refractivity contribution is -0.358. The topological polar surface area (TPSA) is 18.5 Å². The van der Waals surface area contributed by atoms with Crippen LogP contribution in [0.4, 0.5) is 17.6 Å². The van der Waals surface area contributed by atoms with Gasteiger partial charge in [-0.05, 0) is 0 Å². The van der Waals surface area contributed by atoms with Crippen molar-refractivity contribution < 1.29 is 27.0 Å². The van der Waals surface area contributed by atoms with Gasteiger partial charge in [-0.1, -0.05) is 12.2 Å². The van der Waals surface area contributed by atoms with Crippen LogP contribution in [-0.2, 0) is 9.47 Å². The number of hydrogen-bond acceptors (Lipinski definition) is 2. The molecule has 1 aliphatic carbocycles. The fraction of sp³-hybridized carbons (Fsp3) is 0.833. The quantitative estimate of drug-likeness (QED) is 0.490. The summed E-state index contributed by atoms with van der Waals surface area (Å²) in [6.07, 6.45) is 1.72. The van der Waals surface area contributed by atoms with E-state index in [0.29, 0.717) is 0 Å². The summed E-state index contributed by atoms with van der Waals surface area (Å²) in [6, 6.07) is 0. The van der Waals surface area contributed by atoms with E-state index in [-0.39, 0.29) is 24.0 Å². The van der Waals surface area contributed by atoms with Gasteiger partial charge >= 0.3 is 11.8 Å². The zero-order valence-corrected chi connectivity index (χ0v) is 9.10. The Hall–Kier alpha value is -0.620. The Morgan fingerprint density at radius 3 is 1.61 bits per heavy atom. The molecule has 0 amide bonds. The van der Waals surface area contributed by atoms with Gasteiger partial charge in [0.05, 0.1) is 36.3 Å². The van der Waals surface area contributed by atoms with Crippen LogP contribution in [-0.4, -0.2) is 36.3 Å². The first-order valence-electron chi connectivity index (χ1n) is 6.19. The van der Waals surface area contributed by atoms with Crippen LogP contribution in [0.1, 0.15) is 0 Å². The summed E-state index contributed by atoms with van der Waals surface area (Å²) in [7, 11) is 0. The molecule has 0 radical (unpaired) electrons. The van der Waals surface area contributed by atoms with Crippen molar-refractivity contribution in [3.05, 3.63) is 12.2 Å². The van der Waals surface area contributed by atoms with Crippen molar-refractivity contribution in [3.8, 4) is 0 Å². The summed E-state index contributed by atoms with van der Waals surface area (Å²) >= 11 is 0. The highest BCUT2D eigenvalue weighted by Gasteiger charge is 2.89. The normalized spacial score (nSPS) is 63.8. The monoisotopic (exact) mass is 262 g/mol. The van der Waals surface area contributed by atoms with E-state index in [9.17, 15) is 17.6 Å². The number of alkyl halides is 4. The van der Waals surface area contributed by atoms with Crippen molar-refractivity contribution in [1.82, 2.24) is 0 Å². The first kappa shape index (κ1) is 10.2. The molecule has 0 aromatic rings. The third kappa shape index (κ3) is 0.744. The lowest BCUT2D eigenvalue weighted by Gasteiger charge is -2.53. The van der Waals surface area contributed by atoms with Crippen molar-refractivity contribution in [1.29, 1.82) is 0 Å². The van der Waals surface area contributed by atoms with Gasteiger partial charge in [0.15, 0.2) is 0 Å². The van der Waals surface area contributed by atoms with Gasteiger partial charge in [0.1, 0.15) is 0 Å². The molecule has 4 heterocycles. The Morgan fingerprint density at radius 2 is 1.17 bits per heavy atom. The molecule has 98 valence electrons. The van der Waals surface area contributed by atoms with Crippen molar-refractivity contribution >= 4 is 0 Å². The fourth-order valence-corrected chi connectivity index (χ4v) is 4.81. The van der Waals surface area contributed by atoms with Crippen LogP contribution in [0.3, 0.4) is 0 Å². The Balaban J connectivity index is 1.61. The van der Waals surface area contributed by atoms with Crippen LogP contribution in [0.5, 0.6) is 0 Å².